The topological polar surface area (TPSA) is 83.1 Å². The summed E-state index contributed by atoms with van der Waals surface area (Å²) in [7, 11) is 6.16. The molecule has 0 fully saturated rings. The summed E-state index contributed by atoms with van der Waals surface area (Å²) in [5.74, 6) is 1.69. The Bertz CT molecular complexity index is 1020. The van der Waals surface area contributed by atoms with Crippen molar-refractivity contribution in [3.05, 3.63) is 45.6 Å². The maximum atomic E-state index is 12.7. The Kier molecular flexibility index (Phi) is 7.06. The molecule has 0 aliphatic heterocycles. The molecular weight excluding hydrogens is 501 g/mol. The van der Waals surface area contributed by atoms with E-state index in [-0.39, 0.29) is 23.1 Å². The number of hydrogen-bond acceptors (Lipinski definition) is 6. The zero-order valence-electron chi connectivity index (χ0n) is 17.3. The summed E-state index contributed by atoms with van der Waals surface area (Å²) in [6.45, 7) is 0. The van der Waals surface area contributed by atoms with Gasteiger partial charge in [0.15, 0.2) is 17.2 Å². The van der Waals surface area contributed by atoms with Crippen molar-refractivity contribution in [2.45, 2.75) is 18.9 Å². The number of benzene rings is 1. The fourth-order valence-corrected chi connectivity index (χ4v) is 4.07. The van der Waals surface area contributed by atoms with Gasteiger partial charge in [0, 0.05) is 5.56 Å². The van der Waals surface area contributed by atoms with Crippen LogP contribution in [0.1, 0.15) is 23.6 Å². The number of carbonyl (C=O) groups is 1. The molecule has 1 atom stereocenters. The summed E-state index contributed by atoms with van der Waals surface area (Å²) >= 11 is 2.02. The number of fused-ring (bicyclic) bond motifs is 3. The zero-order chi connectivity index (χ0) is 21.8. The molecule has 0 bridgehead atoms. The van der Waals surface area contributed by atoms with Crippen molar-refractivity contribution >= 4 is 28.5 Å². The van der Waals surface area contributed by atoms with E-state index < -0.39 is 0 Å². The predicted molar refractivity (Wildman–Crippen MR) is 122 cm³/mol. The van der Waals surface area contributed by atoms with Crippen LogP contribution in [0.2, 0.25) is 0 Å². The van der Waals surface area contributed by atoms with E-state index in [1.165, 1.54) is 13.2 Å². The number of methoxy groups -OCH3 is 4. The van der Waals surface area contributed by atoms with Crippen molar-refractivity contribution < 1.29 is 23.7 Å². The first-order chi connectivity index (χ1) is 14.5. The van der Waals surface area contributed by atoms with Crippen molar-refractivity contribution in [3.8, 4) is 34.1 Å². The zero-order valence-corrected chi connectivity index (χ0v) is 19.5. The first kappa shape index (κ1) is 22.2. The summed E-state index contributed by atoms with van der Waals surface area (Å²) in [6, 6.07) is 6.60. The van der Waals surface area contributed by atoms with E-state index >= 15 is 0 Å². The minimum absolute atomic E-state index is 0.0921. The van der Waals surface area contributed by atoms with Crippen molar-refractivity contribution in [1.29, 1.82) is 0 Å². The molecule has 1 aliphatic rings. The largest absolute Gasteiger partial charge is 0.493 e. The molecule has 1 amide bonds. The van der Waals surface area contributed by atoms with E-state index in [0.717, 1.165) is 16.7 Å². The molecule has 7 nitrogen and oxygen atoms in total. The number of ether oxygens (including phenoxy) is 4. The number of carbonyl (C=O) groups excluding carboxylic acids is 1. The number of aryl methyl sites for hydroxylation is 1. The van der Waals surface area contributed by atoms with Gasteiger partial charge in [-0.1, -0.05) is 28.7 Å². The molecule has 30 heavy (non-hydrogen) atoms. The van der Waals surface area contributed by atoms with Crippen LogP contribution in [0.3, 0.4) is 0 Å². The van der Waals surface area contributed by atoms with Gasteiger partial charge in [-0.2, -0.15) is 0 Å². The Morgan fingerprint density at radius 3 is 2.33 bits per heavy atom. The SMILES string of the molecule is COc1cc2c(c(OC)c1OC)-c1ccc(OC)c(=O)cc1[C@@H](NC(=O)CI)CC2. The molecule has 0 saturated heterocycles. The molecule has 2 aromatic rings. The van der Waals surface area contributed by atoms with Crippen LogP contribution in [0, 0.1) is 0 Å². The minimum atomic E-state index is -0.332. The second-order valence-corrected chi connectivity index (χ2v) is 7.51. The maximum absolute atomic E-state index is 12.7. The summed E-state index contributed by atoms with van der Waals surface area (Å²) < 4.78 is 22.4. The van der Waals surface area contributed by atoms with E-state index in [9.17, 15) is 9.59 Å². The van der Waals surface area contributed by atoms with Crippen LogP contribution in [0.4, 0.5) is 0 Å². The number of halogens is 1. The Morgan fingerprint density at radius 2 is 1.73 bits per heavy atom. The van der Waals surface area contributed by atoms with Crippen molar-refractivity contribution in [2.24, 2.45) is 0 Å². The number of hydrogen-bond donors (Lipinski definition) is 1. The molecule has 0 saturated carbocycles. The highest BCUT2D eigenvalue weighted by molar-refractivity contribution is 14.1. The molecule has 0 unspecified atom stereocenters. The lowest BCUT2D eigenvalue weighted by Crippen LogP contribution is -2.29. The lowest BCUT2D eigenvalue weighted by Gasteiger charge is -2.19. The van der Waals surface area contributed by atoms with Gasteiger partial charge in [0.2, 0.25) is 17.1 Å². The molecular formula is C22H24INO6. The second-order valence-electron chi connectivity index (χ2n) is 6.75. The van der Waals surface area contributed by atoms with Gasteiger partial charge in [-0.05, 0) is 47.7 Å². The Balaban J connectivity index is 2.38. The van der Waals surface area contributed by atoms with Gasteiger partial charge in [-0.15, -0.1) is 0 Å². The summed E-state index contributed by atoms with van der Waals surface area (Å²) in [6.07, 6.45) is 1.27. The fraction of sp³-hybridized carbons (Fsp3) is 0.364. The number of nitrogens with one attached hydrogen (secondary N) is 1. The second kappa shape index (κ2) is 9.55. The maximum Gasteiger partial charge on any atom is 0.230 e. The molecule has 3 rings (SSSR count). The molecule has 1 N–H and O–H groups in total. The molecule has 8 heteroatoms. The van der Waals surface area contributed by atoms with E-state index in [1.807, 2.05) is 34.7 Å². The third-order valence-electron chi connectivity index (χ3n) is 5.18. The smallest absolute Gasteiger partial charge is 0.230 e. The van der Waals surface area contributed by atoms with Crippen molar-refractivity contribution in [2.75, 3.05) is 32.9 Å². The van der Waals surface area contributed by atoms with Crippen molar-refractivity contribution in [1.82, 2.24) is 5.32 Å². The summed E-state index contributed by atoms with van der Waals surface area (Å²) in [4.78, 5) is 24.9. The Morgan fingerprint density at radius 1 is 1.03 bits per heavy atom. The molecule has 0 heterocycles. The lowest BCUT2D eigenvalue weighted by molar-refractivity contribution is -0.119. The monoisotopic (exact) mass is 525 g/mol. The minimum Gasteiger partial charge on any atom is -0.493 e. The number of amides is 1. The average Bonchev–Trinajstić information content (AvgIpc) is 3.00. The van der Waals surface area contributed by atoms with Crippen LogP contribution in [-0.4, -0.2) is 38.8 Å². The summed E-state index contributed by atoms with van der Waals surface area (Å²) in [5.41, 5.74) is 3.03. The van der Waals surface area contributed by atoms with Gasteiger partial charge < -0.3 is 24.3 Å². The predicted octanol–water partition coefficient (Wildman–Crippen LogP) is 3.29. The average molecular weight is 525 g/mol. The summed E-state index contributed by atoms with van der Waals surface area (Å²) in [5, 5.41) is 3.04. The highest BCUT2D eigenvalue weighted by Gasteiger charge is 2.29. The molecule has 0 radical (unpaired) electrons. The number of rotatable bonds is 6. The van der Waals surface area contributed by atoms with Crippen LogP contribution in [0.25, 0.3) is 11.1 Å². The van der Waals surface area contributed by atoms with Gasteiger partial charge in [0.1, 0.15) is 0 Å². The quantitative estimate of drug-likeness (QED) is 0.461. The Labute approximate surface area is 188 Å². The first-order valence-corrected chi connectivity index (χ1v) is 10.9. The third kappa shape index (κ3) is 4.05. The van der Waals surface area contributed by atoms with E-state index in [0.29, 0.717) is 40.1 Å². The normalized spacial score (nSPS) is 14.6. The number of alkyl halides is 1. The molecule has 160 valence electrons. The van der Waals surface area contributed by atoms with Crippen LogP contribution in [0.5, 0.6) is 23.0 Å². The lowest BCUT2D eigenvalue weighted by atomic mass is 9.95. The molecule has 0 aromatic heterocycles. The van der Waals surface area contributed by atoms with Crippen LogP contribution < -0.4 is 29.7 Å². The fourth-order valence-electron chi connectivity index (χ4n) is 3.85. The van der Waals surface area contributed by atoms with E-state index in [2.05, 4.69) is 5.32 Å². The Hall–Kier alpha value is -2.49. The van der Waals surface area contributed by atoms with Gasteiger partial charge in [0.05, 0.1) is 38.9 Å². The van der Waals surface area contributed by atoms with Gasteiger partial charge >= 0.3 is 0 Å². The van der Waals surface area contributed by atoms with Gasteiger partial charge in [0.25, 0.3) is 0 Å². The molecule has 2 aromatic carbocycles. The van der Waals surface area contributed by atoms with Crippen molar-refractivity contribution in [3.63, 3.8) is 0 Å². The third-order valence-corrected chi connectivity index (χ3v) is 5.87. The first-order valence-electron chi connectivity index (χ1n) is 9.38. The highest BCUT2D eigenvalue weighted by atomic mass is 127. The van der Waals surface area contributed by atoms with Gasteiger partial charge in [-0.25, -0.2) is 0 Å². The molecule has 0 spiro atoms. The standard InChI is InChI=1S/C22H24INO6/c1-27-17-8-6-13-14(10-16(17)25)15(24-19(26)11-23)7-5-12-9-18(28-2)21(29-3)22(30-4)20(12)13/h6,8-10,15H,5,7,11H2,1-4H3,(H,24,26)/t15-/m0/s1. The van der Waals surface area contributed by atoms with Crippen LogP contribution >= 0.6 is 22.6 Å². The molecule has 1 aliphatic carbocycles. The van der Waals surface area contributed by atoms with Gasteiger partial charge in [-0.3, -0.25) is 9.59 Å². The van der Waals surface area contributed by atoms with E-state index in [4.69, 9.17) is 18.9 Å². The van der Waals surface area contributed by atoms with Crippen LogP contribution in [0.15, 0.2) is 29.1 Å². The van der Waals surface area contributed by atoms with E-state index in [1.54, 1.807) is 27.4 Å². The highest BCUT2D eigenvalue weighted by Crippen LogP contribution is 2.50. The van der Waals surface area contributed by atoms with Crippen LogP contribution in [-0.2, 0) is 11.2 Å².